The maximum absolute atomic E-state index is 10.00. The Balaban J connectivity index is 0.00000121. The molecule has 20 heavy (non-hydrogen) atoms. The first-order valence-corrected chi connectivity index (χ1v) is 7.56. The van der Waals surface area contributed by atoms with Crippen molar-refractivity contribution in [2.75, 3.05) is 25.0 Å². The zero-order chi connectivity index (χ0) is 12.8. The molecule has 0 spiro atoms. The molecule has 0 radical (unpaired) electrons. The summed E-state index contributed by atoms with van der Waals surface area (Å²) in [6.07, 6.45) is 3.35. The van der Waals surface area contributed by atoms with Crippen LogP contribution in [-0.2, 0) is 13.0 Å². The maximum atomic E-state index is 10.00. The topological polar surface area (TPSA) is 35.5 Å². The molecule has 2 aliphatic heterocycles. The molecular weight excluding hydrogens is 272 g/mol. The average molecular weight is 295 g/mol. The van der Waals surface area contributed by atoms with E-state index in [0.29, 0.717) is 5.92 Å². The molecule has 1 saturated carbocycles. The molecule has 1 aromatic carbocycles. The van der Waals surface area contributed by atoms with Crippen molar-refractivity contribution in [3.8, 4) is 0 Å². The van der Waals surface area contributed by atoms with Gasteiger partial charge in [0.05, 0.1) is 6.10 Å². The van der Waals surface area contributed by atoms with Gasteiger partial charge in [-0.3, -0.25) is 4.90 Å². The minimum Gasteiger partial charge on any atom is -0.393 e. The normalized spacial score (nSPS) is 31.6. The van der Waals surface area contributed by atoms with Gasteiger partial charge in [0.15, 0.2) is 0 Å². The number of rotatable bonds is 2. The van der Waals surface area contributed by atoms with Crippen LogP contribution in [0.4, 0.5) is 5.69 Å². The molecule has 2 heterocycles. The van der Waals surface area contributed by atoms with Crippen LogP contribution >= 0.6 is 12.4 Å². The van der Waals surface area contributed by atoms with Crippen molar-refractivity contribution in [2.24, 2.45) is 11.8 Å². The van der Waals surface area contributed by atoms with Crippen LogP contribution in [0.5, 0.6) is 0 Å². The third kappa shape index (κ3) is 2.32. The van der Waals surface area contributed by atoms with Gasteiger partial charge in [-0.1, -0.05) is 18.2 Å². The fraction of sp³-hybridized carbons (Fsp3) is 0.625. The van der Waals surface area contributed by atoms with E-state index >= 15 is 0 Å². The molecule has 1 aromatic rings. The van der Waals surface area contributed by atoms with Crippen LogP contribution in [-0.4, -0.2) is 35.7 Å². The first-order valence-electron chi connectivity index (χ1n) is 7.56. The Morgan fingerprint density at radius 1 is 1.25 bits per heavy atom. The SMILES string of the molecule is Cl.OC1CCC2CN(Cc3cccc4c3NCC4)CC12. The maximum Gasteiger partial charge on any atom is 0.0583 e. The van der Waals surface area contributed by atoms with E-state index in [1.54, 1.807) is 0 Å². The number of aliphatic hydroxyl groups excluding tert-OH is 1. The number of fused-ring (bicyclic) bond motifs is 2. The summed E-state index contributed by atoms with van der Waals surface area (Å²) in [5, 5.41) is 13.5. The van der Waals surface area contributed by atoms with E-state index in [1.165, 1.54) is 29.8 Å². The standard InChI is InChI=1S/C16H22N2O.ClH/c19-15-5-4-12-8-18(10-14(12)15)9-13-3-1-2-11-6-7-17-16(11)13;/h1-3,12,14-15,17,19H,4-10H2;1H. The van der Waals surface area contributed by atoms with Crippen molar-refractivity contribution in [1.29, 1.82) is 0 Å². The van der Waals surface area contributed by atoms with Gasteiger partial charge in [-0.25, -0.2) is 0 Å². The molecule has 110 valence electrons. The van der Waals surface area contributed by atoms with E-state index in [0.717, 1.165) is 38.4 Å². The minimum atomic E-state index is -0.0467. The molecule has 0 bridgehead atoms. The van der Waals surface area contributed by atoms with Crippen molar-refractivity contribution in [1.82, 2.24) is 4.90 Å². The zero-order valence-electron chi connectivity index (χ0n) is 11.7. The number of benzene rings is 1. The molecule has 2 N–H and O–H groups in total. The predicted octanol–water partition coefficient (Wildman–Crippen LogP) is 2.28. The summed E-state index contributed by atoms with van der Waals surface area (Å²) in [7, 11) is 0. The van der Waals surface area contributed by atoms with Crippen LogP contribution in [0.2, 0.25) is 0 Å². The van der Waals surface area contributed by atoms with Crippen LogP contribution in [0.25, 0.3) is 0 Å². The van der Waals surface area contributed by atoms with Gasteiger partial charge >= 0.3 is 0 Å². The first-order chi connectivity index (χ1) is 9.31. The number of likely N-dealkylation sites (tertiary alicyclic amines) is 1. The fourth-order valence-electron chi connectivity index (χ4n) is 4.24. The second kappa shape index (κ2) is 5.55. The summed E-state index contributed by atoms with van der Waals surface area (Å²) in [6.45, 7) is 4.37. The van der Waals surface area contributed by atoms with Crippen LogP contribution in [0.15, 0.2) is 18.2 Å². The number of hydrogen-bond donors (Lipinski definition) is 2. The Morgan fingerprint density at radius 3 is 3.00 bits per heavy atom. The number of hydrogen-bond acceptors (Lipinski definition) is 3. The molecule has 4 rings (SSSR count). The lowest BCUT2D eigenvalue weighted by atomic mass is 10.00. The summed E-state index contributed by atoms with van der Waals surface area (Å²) < 4.78 is 0. The molecule has 0 amide bonds. The molecule has 3 atom stereocenters. The van der Waals surface area contributed by atoms with Crippen molar-refractivity contribution < 1.29 is 5.11 Å². The summed E-state index contributed by atoms with van der Waals surface area (Å²) in [4.78, 5) is 2.54. The number of para-hydroxylation sites is 1. The third-order valence-electron chi connectivity index (χ3n) is 5.22. The highest BCUT2D eigenvalue weighted by Crippen LogP contribution is 2.39. The van der Waals surface area contributed by atoms with Gasteiger partial charge < -0.3 is 10.4 Å². The Kier molecular flexibility index (Phi) is 3.93. The van der Waals surface area contributed by atoms with Gasteiger partial charge in [-0.15, -0.1) is 12.4 Å². The summed E-state index contributed by atoms with van der Waals surface area (Å²) in [5.74, 6) is 1.27. The van der Waals surface area contributed by atoms with E-state index in [2.05, 4.69) is 28.4 Å². The second-order valence-electron chi connectivity index (χ2n) is 6.39. The molecule has 3 aliphatic rings. The molecule has 3 nitrogen and oxygen atoms in total. The lowest BCUT2D eigenvalue weighted by Gasteiger charge is -2.19. The Labute approximate surface area is 126 Å². The number of aliphatic hydroxyl groups is 1. The molecule has 3 unspecified atom stereocenters. The summed E-state index contributed by atoms with van der Waals surface area (Å²) in [5.41, 5.74) is 4.28. The van der Waals surface area contributed by atoms with Gasteiger partial charge in [0, 0.05) is 37.8 Å². The van der Waals surface area contributed by atoms with E-state index in [9.17, 15) is 5.11 Å². The van der Waals surface area contributed by atoms with E-state index < -0.39 is 0 Å². The van der Waals surface area contributed by atoms with Crippen LogP contribution in [0.1, 0.15) is 24.0 Å². The highest BCUT2D eigenvalue weighted by Gasteiger charge is 2.41. The molecule has 2 fully saturated rings. The van der Waals surface area contributed by atoms with E-state index in [4.69, 9.17) is 0 Å². The molecule has 1 aliphatic carbocycles. The molecule has 4 heteroatoms. The van der Waals surface area contributed by atoms with Crippen LogP contribution in [0.3, 0.4) is 0 Å². The smallest absolute Gasteiger partial charge is 0.0583 e. The summed E-state index contributed by atoms with van der Waals surface area (Å²) in [6, 6.07) is 6.68. The van der Waals surface area contributed by atoms with Crippen molar-refractivity contribution >= 4 is 18.1 Å². The molecule has 0 aromatic heterocycles. The largest absolute Gasteiger partial charge is 0.393 e. The number of halogens is 1. The van der Waals surface area contributed by atoms with Crippen LogP contribution < -0.4 is 5.32 Å². The monoisotopic (exact) mass is 294 g/mol. The minimum absolute atomic E-state index is 0. The lowest BCUT2D eigenvalue weighted by Crippen LogP contribution is -2.24. The Morgan fingerprint density at radius 2 is 2.15 bits per heavy atom. The number of nitrogens with zero attached hydrogens (tertiary/aromatic N) is 1. The van der Waals surface area contributed by atoms with Gasteiger partial charge in [-0.05, 0) is 36.3 Å². The summed E-state index contributed by atoms with van der Waals surface area (Å²) >= 11 is 0. The molecule has 1 saturated heterocycles. The van der Waals surface area contributed by atoms with Crippen molar-refractivity contribution in [3.63, 3.8) is 0 Å². The van der Waals surface area contributed by atoms with Gasteiger partial charge in [0.2, 0.25) is 0 Å². The van der Waals surface area contributed by atoms with Crippen molar-refractivity contribution in [2.45, 2.75) is 31.9 Å². The lowest BCUT2D eigenvalue weighted by molar-refractivity contribution is 0.123. The van der Waals surface area contributed by atoms with Crippen LogP contribution in [0, 0.1) is 11.8 Å². The highest BCUT2D eigenvalue weighted by molar-refractivity contribution is 5.85. The second-order valence-corrected chi connectivity index (χ2v) is 6.39. The first kappa shape index (κ1) is 14.2. The average Bonchev–Trinajstić information content (AvgIpc) is 3.08. The van der Waals surface area contributed by atoms with E-state index in [1.807, 2.05) is 0 Å². The Bertz CT molecular complexity index is 493. The molecular formula is C16H23ClN2O. The predicted molar refractivity (Wildman–Crippen MR) is 83.4 cm³/mol. The Hall–Kier alpha value is -0.770. The van der Waals surface area contributed by atoms with Gasteiger partial charge in [-0.2, -0.15) is 0 Å². The highest BCUT2D eigenvalue weighted by atomic mass is 35.5. The third-order valence-corrected chi connectivity index (χ3v) is 5.22. The fourth-order valence-corrected chi connectivity index (χ4v) is 4.24. The quantitative estimate of drug-likeness (QED) is 0.878. The number of anilines is 1. The number of nitrogens with one attached hydrogen (secondary N) is 1. The van der Waals surface area contributed by atoms with E-state index in [-0.39, 0.29) is 18.5 Å². The zero-order valence-corrected chi connectivity index (χ0v) is 12.5. The van der Waals surface area contributed by atoms with Gasteiger partial charge in [0.1, 0.15) is 0 Å². The van der Waals surface area contributed by atoms with Gasteiger partial charge in [0.25, 0.3) is 0 Å². The van der Waals surface area contributed by atoms with Crippen molar-refractivity contribution in [3.05, 3.63) is 29.3 Å².